The van der Waals surface area contributed by atoms with Crippen molar-refractivity contribution in [3.8, 4) is 0 Å². The number of rotatable bonds is 8. The highest BCUT2D eigenvalue weighted by Gasteiger charge is 2.48. The number of carbonyl (C=O) groups is 2. The zero-order valence-corrected chi connectivity index (χ0v) is 20.4. The van der Waals surface area contributed by atoms with Crippen molar-refractivity contribution in [1.82, 2.24) is 9.88 Å². The minimum Gasteiger partial charge on any atom is -0.480 e. The van der Waals surface area contributed by atoms with Gasteiger partial charge < -0.3 is 14.7 Å². The second-order valence-corrected chi connectivity index (χ2v) is 9.26. The number of benzene rings is 2. The highest BCUT2D eigenvalue weighted by molar-refractivity contribution is 5.88. The molecule has 1 aromatic heterocycles. The van der Waals surface area contributed by atoms with Gasteiger partial charge in [0.05, 0.1) is 6.04 Å². The van der Waals surface area contributed by atoms with Crippen LogP contribution in [-0.4, -0.2) is 39.0 Å². The van der Waals surface area contributed by atoms with Crippen molar-refractivity contribution in [1.29, 1.82) is 0 Å². The number of hydrogen-bond donors (Lipinski definition) is 1. The number of carboxylic acid groups (broad SMARTS) is 1. The van der Waals surface area contributed by atoms with Gasteiger partial charge in [0.1, 0.15) is 18.2 Å². The van der Waals surface area contributed by atoms with E-state index in [1.54, 1.807) is 17.3 Å². The first-order chi connectivity index (χ1) is 16.9. The number of carboxylic acids is 1. The first kappa shape index (κ1) is 24.6. The zero-order valence-electron chi connectivity index (χ0n) is 20.4. The lowest BCUT2D eigenvalue weighted by molar-refractivity contribution is -0.184. The Hall–Kier alpha value is -3.51. The van der Waals surface area contributed by atoms with Crippen molar-refractivity contribution < 1.29 is 19.4 Å². The second-order valence-electron chi connectivity index (χ2n) is 9.26. The van der Waals surface area contributed by atoms with Crippen molar-refractivity contribution >= 4 is 11.9 Å². The van der Waals surface area contributed by atoms with Crippen molar-refractivity contribution in [2.45, 2.75) is 64.3 Å². The highest BCUT2D eigenvalue weighted by atomic mass is 16.5. The number of ether oxygens (including phenoxy) is 1. The first-order valence-electron chi connectivity index (χ1n) is 12.1. The summed E-state index contributed by atoms with van der Waals surface area (Å²) in [4.78, 5) is 32.1. The number of pyridine rings is 1. The summed E-state index contributed by atoms with van der Waals surface area (Å²) in [6.07, 6.45) is 3.41. The molecule has 0 aliphatic carbocycles. The zero-order chi connectivity index (χ0) is 24.9. The molecule has 1 fully saturated rings. The van der Waals surface area contributed by atoms with Crippen LogP contribution in [0.5, 0.6) is 0 Å². The van der Waals surface area contributed by atoms with Crippen LogP contribution in [-0.2, 0) is 20.7 Å². The summed E-state index contributed by atoms with van der Waals surface area (Å²) in [6.45, 7) is 5.96. The number of morpholine rings is 1. The van der Waals surface area contributed by atoms with E-state index in [9.17, 15) is 14.7 Å². The molecule has 1 aliphatic heterocycles. The molecule has 0 spiro atoms. The average Bonchev–Trinajstić information content (AvgIpc) is 2.85. The number of hydrogen-bond acceptors (Lipinski definition) is 4. The molecule has 4 rings (SSSR count). The van der Waals surface area contributed by atoms with E-state index in [1.807, 2.05) is 81.4 Å². The summed E-state index contributed by atoms with van der Waals surface area (Å²) in [5.41, 5.74) is 4.90. The van der Waals surface area contributed by atoms with Gasteiger partial charge >= 0.3 is 5.97 Å². The Balaban J connectivity index is 1.85. The molecular weight excluding hydrogens is 440 g/mol. The van der Waals surface area contributed by atoms with E-state index in [-0.39, 0.29) is 5.91 Å². The monoisotopic (exact) mass is 472 g/mol. The first-order valence-corrected chi connectivity index (χ1v) is 12.1. The molecule has 0 radical (unpaired) electrons. The van der Waals surface area contributed by atoms with Gasteiger partial charge in [0, 0.05) is 18.8 Å². The van der Waals surface area contributed by atoms with Gasteiger partial charge in [0.15, 0.2) is 0 Å². The summed E-state index contributed by atoms with van der Waals surface area (Å²) >= 11 is 0. The summed E-state index contributed by atoms with van der Waals surface area (Å²) < 4.78 is 6.56. The van der Waals surface area contributed by atoms with Crippen LogP contribution in [0, 0.1) is 13.8 Å². The summed E-state index contributed by atoms with van der Waals surface area (Å²) in [5.74, 6) is -1.29. The Morgan fingerprint density at radius 2 is 1.54 bits per heavy atom. The topological polar surface area (TPSA) is 79.7 Å². The van der Waals surface area contributed by atoms with Crippen molar-refractivity contribution in [3.05, 3.63) is 101 Å². The lowest BCUT2D eigenvalue weighted by Gasteiger charge is -2.47. The van der Waals surface area contributed by atoms with Crippen LogP contribution in [0.1, 0.15) is 59.7 Å². The average molecular weight is 473 g/mol. The maximum Gasteiger partial charge on any atom is 0.326 e. The molecule has 2 heterocycles. The van der Waals surface area contributed by atoms with Crippen LogP contribution in [0.3, 0.4) is 0 Å². The van der Waals surface area contributed by atoms with Gasteiger partial charge in [0.25, 0.3) is 5.91 Å². The lowest BCUT2D eigenvalue weighted by Crippen LogP contribution is -2.57. The largest absolute Gasteiger partial charge is 0.480 e. The van der Waals surface area contributed by atoms with E-state index in [4.69, 9.17) is 4.74 Å². The van der Waals surface area contributed by atoms with Crippen LogP contribution < -0.4 is 0 Å². The molecule has 6 heteroatoms. The molecule has 0 saturated carbocycles. The molecular formula is C29H32N2O4. The molecule has 2 unspecified atom stereocenters. The molecule has 6 nitrogen and oxygen atoms in total. The van der Waals surface area contributed by atoms with Crippen molar-refractivity contribution in [2.75, 3.05) is 0 Å². The molecule has 4 atom stereocenters. The predicted octanol–water partition coefficient (Wildman–Crippen LogP) is 5.20. The van der Waals surface area contributed by atoms with Crippen LogP contribution in [0.25, 0.3) is 0 Å². The van der Waals surface area contributed by atoms with Crippen LogP contribution >= 0.6 is 0 Å². The maximum absolute atomic E-state index is 14.0. The van der Waals surface area contributed by atoms with E-state index in [0.717, 1.165) is 27.8 Å². The van der Waals surface area contributed by atoms with E-state index in [0.29, 0.717) is 19.3 Å². The van der Waals surface area contributed by atoms with E-state index in [2.05, 4.69) is 4.98 Å². The van der Waals surface area contributed by atoms with Gasteiger partial charge in [-0.15, -0.1) is 0 Å². The van der Waals surface area contributed by atoms with Gasteiger partial charge in [-0.3, -0.25) is 9.78 Å². The maximum atomic E-state index is 14.0. The van der Waals surface area contributed by atoms with Gasteiger partial charge in [-0.2, -0.15) is 0 Å². The van der Waals surface area contributed by atoms with Crippen LogP contribution in [0.4, 0.5) is 0 Å². The van der Waals surface area contributed by atoms with Gasteiger partial charge in [-0.1, -0.05) is 73.0 Å². The molecule has 35 heavy (non-hydrogen) atoms. The predicted molar refractivity (Wildman–Crippen MR) is 134 cm³/mol. The third kappa shape index (κ3) is 5.43. The minimum atomic E-state index is -0.996. The summed E-state index contributed by atoms with van der Waals surface area (Å²) in [5, 5.41) is 10.2. The normalized spacial score (nSPS) is 21.1. The Bertz CT molecular complexity index is 1150. The second kappa shape index (κ2) is 10.8. The van der Waals surface area contributed by atoms with E-state index >= 15 is 0 Å². The number of carbonyl (C=O) groups excluding carboxylic acids is 1. The standard InChI is InChI=1S/C29H32N2O4/c1-4-5-24(29(33)34)31-26(22-10-6-19(2)7-11-22)27(23-12-8-20(3)9-13-23)35-25(28(31)32)18-21-14-16-30-17-15-21/h6-17,24-27H,4-5,18H2,1-3H3,(H,33,34)/t24?,25?,26-,27+/m0/s1. The third-order valence-corrected chi connectivity index (χ3v) is 6.61. The van der Waals surface area contributed by atoms with Gasteiger partial charge in [-0.25, -0.2) is 4.79 Å². The third-order valence-electron chi connectivity index (χ3n) is 6.61. The number of aliphatic carboxylic acids is 1. The number of nitrogens with zero attached hydrogens (tertiary/aromatic N) is 2. The van der Waals surface area contributed by atoms with E-state index < -0.39 is 30.3 Å². The smallest absolute Gasteiger partial charge is 0.326 e. The Morgan fingerprint density at radius 3 is 2.09 bits per heavy atom. The Morgan fingerprint density at radius 1 is 0.971 bits per heavy atom. The van der Waals surface area contributed by atoms with Gasteiger partial charge in [-0.05, 0) is 49.1 Å². The fourth-order valence-corrected chi connectivity index (χ4v) is 4.75. The number of aryl methyl sites for hydroxylation is 2. The molecule has 3 aromatic rings. The van der Waals surface area contributed by atoms with Crippen LogP contribution in [0.15, 0.2) is 73.1 Å². The highest BCUT2D eigenvalue weighted by Crippen LogP contribution is 2.44. The molecule has 182 valence electrons. The Labute approximate surface area is 206 Å². The lowest BCUT2D eigenvalue weighted by atomic mass is 9.88. The molecule has 0 bridgehead atoms. The fourth-order valence-electron chi connectivity index (χ4n) is 4.75. The molecule has 2 aromatic carbocycles. The quantitative estimate of drug-likeness (QED) is 0.487. The molecule has 1 aliphatic rings. The molecule has 1 amide bonds. The Kier molecular flexibility index (Phi) is 7.61. The fraction of sp³-hybridized carbons (Fsp3) is 0.345. The van der Waals surface area contributed by atoms with Crippen molar-refractivity contribution in [2.24, 2.45) is 0 Å². The number of aromatic nitrogens is 1. The minimum absolute atomic E-state index is 0.295. The summed E-state index contributed by atoms with van der Waals surface area (Å²) in [7, 11) is 0. The number of amides is 1. The summed E-state index contributed by atoms with van der Waals surface area (Å²) in [6, 6.07) is 18.2. The van der Waals surface area contributed by atoms with Gasteiger partial charge in [0.2, 0.25) is 0 Å². The van der Waals surface area contributed by atoms with Crippen molar-refractivity contribution in [3.63, 3.8) is 0 Å². The molecule has 1 N–H and O–H groups in total. The van der Waals surface area contributed by atoms with Crippen LogP contribution in [0.2, 0.25) is 0 Å². The molecule has 1 saturated heterocycles. The van der Waals surface area contributed by atoms with E-state index in [1.165, 1.54) is 0 Å². The SMILES string of the molecule is CCCC(C(=O)O)N1C(=O)C(Cc2ccncc2)O[C@H](c2ccc(C)cc2)[C@@H]1c1ccc(C)cc1.